The molecule has 0 aromatic heterocycles. The Bertz CT molecular complexity index is 421. The normalized spacial score (nSPS) is 11.9. The third kappa shape index (κ3) is 6.46. The molecule has 0 heterocycles. The molecule has 1 aromatic rings. The maximum absolute atomic E-state index is 9.03. The highest BCUT2D eigenvalue weighted by atomic mass is 16.5. The van der Waals surface area contributed by atoms with Crippen LogP contribution >= 0.6 is 0 Å². The summed E-state index contributed by atoms with van der Waals surface area (Å²) in [6, 6.07) is 7.06. The maximum Gasteiger partial charge on any atom is 0.170 e. The van der Waals surface area contributed by atoms with Gasteiger partial charge in [0.05, 0.1) is 6.61 Å². The number of aliphatic hydroxyl groups is 1. The van der Waals surface area contributed by atoms with E-state index in [0.717, 1.165) is 31.7 Å². The maximum atomic E-state index is 9.03. The number of nitrogens with zero attached hydrogens (tertiary/aromatic N) is 2. The Kier molecular flexibility index (Phi) is 8.23. The standard InChI is InChI=1S/C15H25N3O3/c1-2-3-8-18(9-11-19)10-12-21-14-6-4-13(5-7-14)15(16)17-20/h4-7,19-20H,2-3,8-12H2,1H3,(H2,16,17). The van der Waals surface area contributed by atoms with Gasteiger partial charge in [0.15, 0.2) is 5.84 Å². The second-order valence-corrected chi connectivity index (χ2v) is 4.78. The topological polar surface area (TPSA) is 91.3 Å². The molecule has 6 nitrogen and oxygen atoms in total. The second kappa shape index (κ2) is 10.0. The van der Waals surface area contributed by atoms with E-state index in [1.165, 1.54) is 0 Å². The molecule has 0 unspecified atom stereocenters. The summed E-state index contributed by atoms with van der Waals surface area (Å²) in [6.45, 7) is 5.30. The molecule has 0 bridgehead atoms. The van der Waals surface area contributed by atoms with Gasteiger partial charge in [-0.3, -0.25) is 4.90 Å². The SMILES string of the molecule is CCCCN(CCO)CCOc1ccc(C(N)=NO)cc1. The molecular formula is C15H25N3O3. The summed E-state index contributed by atoms with van der Waals surface area (Å²) < 4.78 is 5.66. The Morgan fingerprint density at radius 3 is 2.52 bits per heavy atom. The number of aliphatic hydroxyl groups excluding tert-OH is 1. The van der Waals surface area contributed by atoms with E-state index in [1.807, 2.05) is 0 Å². The third-order valence-electron chi connectivity index (χ3n) is 3.18. The third-order valence-corrected chi connectivity index (χ3v) is 3.18. The Morgan fingerprint density at radius 2 is 1.95 bits per heavy atom. The van der Waals surface area contributed by atoms with Crippen molar-refractivity contribution in [2.75, 3.05) is 32.8 Å². The van der Waals surface area contributed by atoms with E-state index >= 15 is 0 Å². The Hall–Kier alpha value is -1.79. The van der Waals surface area contributed by atoms with Crippen molar-refractivity contribution in [3.63, 3.8) is 0 Å². The average molecular weight is 295 g/mol. The summed E-state index contributed by atoms with van der Waals surface area (Å²) in [6.07, 6.45) is 2.26. The van der Waals surface area contributed by atoms with Crippen LogP contribution in [0.25, 0.3) is 0 Å². The molecule has 0 saturated carbocycles. The van der Waals surface area contributed by atoms with Crippen LogP contribution in [-0.2, 0) is 0 Å². The number of ether oxygens (including phenoxy) is 1. The highest BCUT2D eigenvalue weighted by Crippen LogP contribution is 2.12. The van der Waals surface area contributed by atoms with Crippen LogP contribution in [0.2, 0.25) is 0 Å². The molecule has 1 aromatic carbocycles. The first-order valence-corrected chi connectivity index (χ1v) is 7.25. The van der Waals surface area contributed by atoms with Gasteiger partial charge in [0.2, 0.25) is 0 Å². The van der Waals surface area contributed by atoms with Crippen molar-refractivity contribution in [1.82, 2.24) is 4.90 Å². The van der Waals surface area contributed by atoms with Gasteiger partial charge in [-0.1, -0.05) is 18.5 Å². The molecule has 0 aliphatic carbocycles. The van der Waals surface area contributed by atoms with Crippen LogP contribution < -0.4 is 10.5 Å². The molecule has 21 heavy (non-hydrogen) atoms. The van der Waals surface area contributed by atoms with Gasteiger partial charge < -0.3 is 20.8 Å². The summed E-state index contributed by atoms with van der Waals surface area (Å²) in [5.74, 6) is 0.819. The number of hydrogen-bond donors (Lipinski definition) is 3. The molecule has 6 heteroatoms. The lowest BCUT2D eigenvalue weighted by Gasteiger charge is -2.21. The van der Waals surface area contributed by atoms with Gasteiger partial charge in [-0.15, -0.1) is 0 Å². The fourth-order valence-corrected chi connectivity index (χ4v) is 1.93. The molecule has 4 N–H and O–H groups in total. The number of nitrogens with two attached hydrogens (primary N) is 1. The number of amidine groups is 1. The smallest absolute Gasteiger partial charge is 0.170 e. The van der Waals surface area contributed by atoms with Crippen LogP contribution in [0.5, 0.6) is 5.75 Å². The monoisotopic (exact) mass is 295 g/mol. The van der Waals surface area contributed by atoms with Crippen LogP contribution in [0, 0.1) is 0 Å². The van der Waals surface area contributed by atoms with Crippen LogP contribution in [0.3, 0.4) is 0 Å². The van der Waals surface area contributed by atoms with Crippen molar-refractivity contribution in [3.8, 4) is 5.75 Å². The molecule has 0 fully saturated rings. The summed E-state index contributed by atoms with van der Waals surface area (Å²) in [4.78, 5) is 2.19. The van der Waals surface area contributed by atoms with Crippen molar-refractivity contribution in [2.45, 2.75) is 19.8 Å². The minimum absolute atomic E-state index is 0.0789. The molecule has 0 atom stereocenters. The van der Waals surface area contributed by atoms with Gasteiger partial charge in [0, 0.05) is 18.7 Å². The predicted molar refractivity (Wildman–Crippen MR) is 82.9 cm³/mol. The highest BCUT2D eigenvalue weighted by Gasteiger charge is 2.04. The summed E-state index contributed by atoms with van der Waals surface area (Å²) in [5, 5.41) is 20.6. The minimum Gasteiger partial charge on any atom is -0.492 e. The molecule has 0 aliphatic heterocycles. The number of benzene rings is 1. The van der Waals surface area contributed by atoms with E-state index in [0.29, 0.717) is 18.7 Å². The van der Waals surface area contributed by atoms with E-state index in [2.05, 4.69) is 17.0 Å². The first kappa shape index (κ1) is 17.3. The Balaban J connectivity index is 2.40. The summed E-state index contributed by atoms with van der Waals surface area (Å²) >= 11 is 0. The van der Waals surface area contributed by atoms with E-state index < -0.39 is 0 Å². The van der Waals surface area contributed by atoms with Crippen LogP contribution in [0.4, 0.5) is 0 Å². The van der Waals surface area contributed by atoms with Gasteiger partial charge in [-0.2, -0.15) is 0 Å². The molecule has 0 aliphatic rings. The summed E-state index contributed by atoms with van der Waals surface area (Å²) in [5.41, 5.74) is 6.14. The van der Waals surface area contributed by atoms with E-state index in [4.69, 9.17) is 20.8 Å². The lowest BCUT2D eigenvalue weighted by molar-refractivity contribution is 0.167. The quantitative estimate of drug-likeness (QED) is 0.261. The van der Waals surface area contributed by atoms with Gasteiger partial charge in [0.1, 0.15) is 12.4 Å². The Labute approximate surface area is 125 Å². The number of unbranched alkanes of at least 4 members (excludes halogenated alkanes) is 1. The first-order valence-electron chi connectivity index (χ1n) is 7.25. The predicted octanol–water partition coefficient (Wildman–Crippen LogP) is 1.25. The zero-order chi connectivity index (χ0) is 15.5. The molecule has 0 amide bonds. The lowest BCUT2D eigenvalue weighted by atomic mass is 10.2. The molecular weight excluding hydrogens is 270 g/mol. The first-order chi connectivity index (χ1) is 10.2. The van der Waals surface area contributed by atoms with Gasteiger partial charge >= 0.3 is 0 Å². The van der Waals surface area contributed by atoms with E-state index in [9.17, 15) is 0 Å². The molecule has 118 valence electrons. The van der Waals surface area contributed by atoms with Crippen LogP contribution in [-0.4, -0.2) is 53.9 Å². The highest BCUT2D eigenvalue weighted by molar-refractivity contribution is 5.97. The second-order valence-electron chi connectivity index (χ2n) is 4.78. The number of hydrogen-bond acceptors (Lipinski definition) is 5. The average Bonchev–Trinajstić information content (AvgIpc) is 2.52. The van der Waals surface area contributed by atoms with Crippen LogP contribution in [0.1, 0.15) is 25.3 Å². The number of rotatable bonds is 10. The van der Waals surface area contributed by atoms with Crippen molar-refractivity contribution in [3.05, 3.63) is 29.8 Å². The molecule has 0 spiro atoms. The van der Waals surface area contributed by atoms with Gasteiger partial charge in [-0.25, -0.2) is 0 Å². The molecule has 1 rings (SSSR count). The minimum atomic E-state index is 0.0789. The van der Waals surface area contributed by atoms with Crippen molar-refractivity contribution in [2.24, 2.45) is 10.9 Å². The van der Waals surface area contributed by atoms with Crippen molar-refractivity contribution < 1.29 is 15.1 Å². The van der Waals surface area contributed by atoms with E-state index in [-0.39, 0.29) is 12.4 Å². The summed E-state index contributed by atoms with van der Waals surface area (Å²) in [7, 11) is 0. The Morgan fingerprint density at radius 1 is 1.24 bits per heavy atom. The van der Waals surface area contributed by atoms with Crippen molar-refractivity contribution in [1.29, 1.82) is 0 Å². The number of oxime groups is 1. The van der Waals surface area contributed by atoms with Crippen molar-refractivity contribution >= 4 is 5.84 Å². The molecule has 0 saturated heterocycles. The largest absolute Gasteiger partial charge is 0.492 e. The fourth-order valence-electron chi connectivity index (χ4n) is 1.93. The van der Waals surface area contributed by atoms with Gasteiger partial charge in [-0.05, 0) is 37.2 Å². The van der Waals surface area contributed by atoms with Crippen LogP contribution in [0.15, 0.2) is 29.4 Å². The molecule has 0 radical (unpaired) electrons. The van der Waals surface area contributed by atoms with Gasteiger partial charge in [0.25, 0.3) is 0 Å². The zero-order valence-electron chi connectivity index (χ0n) is 12.5. The lowest BCUT2D eigenvalue weighted by Crippen LogP contribution is -2.32. The fraction of sp³-hybridized carbons (Fsp3) is 0.533. The zero-order valence-corrected chi connectivity index (χ0v) is 12.5. The van der Waals surface area contributed by atoms with E-state index in [1.54, 1.807) is 24.3 Å².